The molecule has 14 heavy (non-hydrogen) atoms. The number of carbonyl (C=O) groups excluding carboxylic acids is 1. The van der Waals surface area contributed by atoms with E-state index in [4.69, 9.17) is 10.5 Å². The molecule has 1 heterocycles. The van der Waals surface area contributed by atoms with E-state index in [1.807, 2.05) is 0 Å². The van der Waals surface area contributed by atoms with Crippen LogP contribution in [0, 0.1) is 11.8 Å². The van der Waals surface area contributed by atoms with Crippen molar-refractivity contribution >= 4 is 5.97 Å². The van der Waals surface area contributed by atoms with Gasteiger partial charge in [-0.15, -0.1) is 0 Å². The summed E-state index contributed by atoms with van der Waals surface area (Å²) in [4.78, 5) is 11.7. The van der Waals surface area contributed by atoms with Crippen molar-refractivity contribution in [1.29, 1.82) is 0 Å². The Labute approximate surface area is 84.2 Å². The number of rotatable bonds is 1. The quantitative estimate of drug-likeness (QED) is 0.576. The number of nitrogens with one attached hydrogen (secondary N) is 1. The number of methoxy groups -OCH3 is 1. The van der Waals surface area contributed by atoms with Gasteiger partial charge in [0.2, 0.25) is 0 Å². The largest absolute Gasteiger partial charge is 0.468 e. The molecule has 4 heteroatoms. The average Bonchev–Trinajstić information content (AvgIpc) is 2.66. The van der Waals surface area contributed by atoms with Crippen LogP contribution in [0.2, 0.25) is 0 Å². The Morgan fingerprint density at radius 2 is 2.36 bits per heavy atom. The van der Waals surface area contributed by atoms with Crippen molar-refractivity contribution in [3.8, 4) is 0 Å². The third kappa shape index (κ3) is 1.33. The van der Waals surface area contributed by atoms with Crippen molar-refractivity contribution in [3.63, 3.8) is 0 Å². The SMILES string of the molecule is COC(=O)C1(N)CCCC2CNCC21. The molecule has 3 N–H and O–H groups in total. The second-order valence-electron chi connectivity index (χ2n) is 4.45. The fourth-order valence-electron chi connectivity index (χ4n) is 2.92. The highest BCUT2D eigenvalue weighted by Crippen LogP contribution is 2.39. The molecule has 3 unspecified atom stereocenters. The van der Waals surface area contributed by atoms with E-state index in [1.165, 1.54) is 13.5 Å². The van der Waals surface area contributed by atoms with Crippen LogP contribution in [0.4, 0.5) is 0 Å². The summed E-state index contributed by atoms with van der Waals surface area (Å²) in [5.74, 6) is 0.590. The maximum Gasteiger partial charge on any atom is 0.326 e. The molecule has 0 amide bonds. The van der Waals surface area contributed by atoms with Gasteiger partial charge in [0.25, 0.3) is 0 Å². The zero-order chi connectivity index (χ0) is 10.2. The summed E-state index contributed by atoms with van der Waals surface area (Å²) in [5.41, 5.74) is 5.45. The molecule has 1 saturated carbocycles. The number of hydrogen-bond acceptors (Lipinski definition) is 4. The molecule has 2 rings (SSSR count). The molecule has 1 saturated heterocycles. The summed E-state index contributed by atoms with van der Waals surface area (Å²) >= 11 is 0. The molecule has 0 radical (unpaired) electrons. The van der Waals surface area contributed by atoms with Crippen molar-refractivity contribution in [1.82, 2.24) is 5.32 Å². The highest BCUT2D eigenvalue weighted by Gasteiger charge is 2.50. The maximum atomic E-state index is 11.7. The lowest BCUT2D eigenvalue weighted by Gasteiger charge is -2.39. The number of esters is 1. The van der Waals surface area contributed by atoms with Crippen LogP contribution in [-0.2, 0) is 9.53 Å². The maximum absolute atomic E-state index is 11.7. The minimum atomic E-state index is -0.735. The van der Waals surface area contributed by atoms with Crippen LogP contribution in [0.3, 0.4) is 0 Å². The van der Waals surface area contributed by atoms with Gasteiger partial charge >= 0.3 is 5.97 Å². The van der Waals surface area contributed by atoms with Crippen LogP contribution >= 0.6 is 0 Å². The van der Waals surface area contributed by atoms with Gasteiger partial charge < -0.3 is 15.8 Å². The smallest absolute Gasteiger partial charge is 0.326 e. The summed E-state index contributed by atoms with van der Waals surface area (Å²) < 4.78 is 4.81. The standard InChI is InChI=1S/C10H18N2O2/c1-14-9(13)10(11)4-2-3-7-5-12-6-8(7)10/h7-8,12H,2-6,11H2,1H3. The van der Waals surface area contributed by atoms with Gasteiger partial charge in [-0.1, -0.05) is 6.42 Å². The van der Waals surface area contributed by atoms with Gasteiger partial charge in [0, 0.05) is 12.5 Å². The Balaban J connectivity index is 2.20. The van der Waals surface area contributed by atoms with Gasteiger partial charge in [0.05, 0.1) is 7.11 Å². The van der Waals surface area contributed by atoms with E-state index in [2.05, 4.69) is 5.32 Å². The first-order chi connectivity index (χ1) is 6.68. The van der Waals surface area contributed by atoms with E-state index < -0.39 is 5.54 Å². The first kappa shape index (κ1) is 9.93. The van der Waals surface area contributed by atoms with Crippen LogP contribution < -0.4 is 11.1 Å². The number of ether oxygens (including phenoxy) is 1. The lowest BCUT2D eigenvalue weighted by atomic mass is 9.69. The molecular weight excluding hydrogens is 180 g/mol. The number of hydrogen-bond donors (Lipinski definition) is 2. The molecule has 1 aliphatic heterocycles. The Morgan fingerprint density at radius 3 is 3.07 bits per heavy atom. The molecule has 80 valence electrons. The molecular formula is C10H18N2O2. The fourth-order valence-corrected chi connectivity index (χ4v) is 2.92. The summed E-state index contributed by atoms with van der Waals surface area (Å²) in [5, 5.41) is 3.31. The third-order valence-electron chi connectivity index (χ3n) is 3.73. The van der Waals surface area contributed by atoms with Gasteiger partial charge in [0.15, 0.2) is 0 Å². The van der Waals surface area contributed by atoms with E-state index in [-0.39, 0.29) is 11.9 Å². The van der Waals surface area contributed by atoms with Gasteiger partial charge in [0.1, 0.15) is 5.54 Å². The highest BCUT2D eigenvalue weighted by molar-refractivity contribution is 5.81. The molecule has 0 aromatic heterocycles. The van der Waals surface area contributed by atoms with Gasteiger partial charge in [-0.05, 0) is 25.3 Å². The summed E-state index contributed by atoms with van der Waals surface area (Å²) in [6.45, 7) is 1.86. The van der Waals surface area contributed by atoms with Crippen LogP contribution in [0.15, 0.2) is 0 Å². The fraction of sp³-hybridized carbons (Fsp3) is 0.900. The van der Waals surface area contributed by atoms with Crippen molar-refractivity contribution in [2.75, 3.05) is 20.2 Å². The molecule has 2 fully saturated rings. The van der Waals surface area contributed by atoms with Crippen LogP contribution in [0.1, 0.15) is 19.3 Å². The Hall–Kier alpha value is -0.610. The zero-order valence-corrected chi connectivity index (χ0v) is 8.58. The number of nitrogens with two attached hydrogens (primary N) is 1. The molecule has 0 aromatic rings. The van der Waals surface area contributed by atoms with Crippen LogP contribution in [0.25, 0.3) is 0 Å². The van der Waals surface area contributed by atoms with Gasteiger partial charge in [-0.25, -0.2) is 0 Å². The first-order valence-electron chi connectivity index (χ1n) is 5.26. The molecule has 0 aromatic carbocycles. The summed E-state index contributed by atoms with van der Waals surface area (Å²) in [6.07, 6.45) is 2.99. The average molecular weight is 198 g/mol. The second-order valence-corrected chi connectivity index (χ2v) is 4.45. The Bertz CT molecular complexity index is 244. The van der Waals surface area contributed by atoms with Crippen molar-refractivity contribution < 1.29 is 9.53 Å². The van der Waals surface area contributed by atoms with E-state index >= 15 is 0 Å². The summed E-state index contributed by atoms with van der Waals surface area (Å²) in [7, 11) is 1.42. The number of fused-ring (bicyclic) bond motifs is 1. The molecule has 3 atom stereocenters. The normalized spacial score (nSPS) is 41.9. The summed E-state index contributed by atoms with van der Waals surface area (Å²) in [6, 6.07) is 0. The van der Waals surface area contributed by atoms with E-state index in [0.29, 0.717) is 5.92 Å². The third-order valence-corrected chi connectivity index (χ3v) is 3.73. The molecule has 0 bridgehead atoms. The Morgan fingerprint density at radius 1 is 1.57 bits per heavy atom. The lowest BCUT2D eigenvalue weighted by Crippen LogP contribution is -2.58. The van der Waals surface area contributed by atoms with Crippen molar-refractivity contribution in [2.24, 2.45) is 17.6 Å². The topological polar surface area (TPSA) is 64.3 Å². The number of carbonyl (C=O) groups is 1. The predicted octanol–water partition coefficient (Wildman–Crippen LogP) is -0.124. The predicted molar refractivity (Wildman–Crippen MR) is 52.6 cm³/mol. The monoisotopic (exact) mass is 198 g/mol. The first-order valence-corrected chi connectivity index (χ1v) is 5.26. The van der Waals surface area contributed by atoms with Gasteiger partial charge in [-0.3, -0.25) is 4.79 Å². The van der Waals surface area contributed by atoms with Gasteiger partial charge in [-0.2, -0.15) is 0 Å². The molecule has 0 spiro atoms. The van der Waals surface area contributed by atoms with Crippen LogP contribution in [0.5, 0.6) is 0 Å². The minimum Gasteiger partial charge on any atom is -0.468 e. The second kappa shape index (κ2) is 3.51. The Kier molecular flexibility index (Phi) is 2.49. The van der Waals surface area contributed by atoms with Crippen molar-refractivity contribution in [2.45, 2.75) is 24.8 Å². The highest BCUT2D eigenvalue weighted by atomic mass is 16.5. The zero-order valence-electron chi connectivity index (χ0n) is 8.58. The molecule has 2 aliphatic rings. The van der Waals surface area contributed by atoms with E-state index in [9.17, 15) is 4.79 Å². The van der Waals surface area contributed by atoms with E-state index in [0.717, 1.165) is 25.9 Å². The lowest BCUT2D eigenvalue weighted by molar-refractivity contribution is -0.151. The van der Waals surface area contributed by atoms with E-state index in [1.54, 1.807) is 0 Å². The van der Waals surface area contributed by atoms with Crippen molar-refractivity contribution in [3.05, 3.63) is 0 Å². The minimum absolute atomic E-state index is 0.240. The van der Waals surface area contributed by atoms with Crippen LogP contribution in [-0.4, -0.2) is 31.7 Å². The molecule has 4 nitrogen and oxygen atoms in total. The molecule has 1 aliphatic carbocycles.